The lowest BCUT2D eigenvalue weighted by Gasteiger charge is -2.23. The lowest BCUT2D eigenvalue weighted by molar-refractivity contribution is 0.171. The Morgan fingerprint density at radius 3 is 2.63 bits per heavy atom. The van der Waals surface area contributed by atoms with Crippen molar-refractivity contribution in [3.8, 4) is 11.5 Å². The molecule has 1 aliphatic rings. The molecule has 1 atom stereocenters. The molecule has 3 rings (SSSR count). The van der Waals surface area contributed by atoms with Gasteiger partial charge in [-0.05, 0) is 41.1 Å². The van der Waals surface area contributed by atoms with Crippen LogP contribution >= 0.6 is 22.9 Å². The van der Waals surface area contributed by atoms with Crippen molar-refractivity contribution in [3.05, 3.63) is 45.1 Å². The molecule has 0 amide bonds. The van der Waals surface area contributed by atoms with Gasteiger partial charge in [-0.25, -0.2) is 0 Å². The molecule has 0 bridgehead atoms. The maximum Gasteiger partial charge on any atom is 0.162 e. The minimum atomic E-state index is 0.0644. The molecule has 0 saturated heterocycles. The minimum absolute atomic E-state index is 0.0644. The van der Waals surface area contributed by atoms with Gasteiger partial charge in [0.15, 0.2) is 11.5 Å². The first-order chi connectivity index (χ1) is 9.29. The highest BCUT2D eigenvalue weighted by molar-refractivity contribution is 7.08. The molecule has 0 saturated carbocycles. The predicted molar refractivity (Wildman–Crippen MR) is 77.7 cm³/mol. The lowest BCUT2D eigenvalue weighted by Crippen LogP contribution is -2.19. The summed E-state index contributed by atoms with van der Waals surface area (Å²) in [5, 5.41) is 8.16. The Balaban J connectivity index is 2.04. The average molecular weight is 296 g/mol. The van der Waals surface area contributed by atoms with Gasteiger partial charge < -0.3 is 14.8 Å². The highest BCUT2D eigenvalue weighted by Crippen LogP contribution is 2.39. The second kappa shape index (κ2) is 5.41. The van der Waals surface area contributed by atoms with Crippen molar-refractivity contribution < 1.29 is 9.47 Å². The van der Waals surface area contributed by atoms with Crippen LogP contribution in [0.25, 0.3) is 0 Å². The average Bonchev–Trinajstić information content (AvgIpc) is 2.94. The van der Waals surface area contributed by atoms with Crippen LogP contribution in [0.4, 0.5) is 0 Å². The van der Waals surface area contributed by atoms with Gasteiger partial charge in [-0.1, -0.05) is 11.6 Å². The Hall–Kier alpha value is -1.23. The van der Waals surface area contributed by atoms with E-state index >= 15 is 0 Å². The Morgan fingerprint density at radius 1 is 1.26 bits per heavy atom. The summed E-state index contributed by atoms with van der Waals surface area (Å²) in [7, 11) is 1.93. The summed E-state index contributed by atoms with van der Waals surface area (Å²) in [6, 6.07) is 5.96. The Bertz CT molecular complexity index is 571. The monoisotopic (exact) mass is 295 g/mol. The second-order valence-corrected chi connectivity index (χ2v) is 5.48. The van der Waals surface area contributed by atoms with E-state index in [9.17, 15) is 0 Å². The third-order valence-corrected chi connectivity index (χ3v) is 4.17. The van der Waals surface area contributed by atoms with Gasteiger partial charge in [-0.3, -0.25) is 0 Å². The van der Waals surface area contributed by atoms with Crippen LogP contribution in [0.3, 0.4) is 0 Å². The molecule has 1 aromatic heterocycles. The second-order valence-electron chi connectivity index (χ2n) is 4.30. The smallest absolute Gasteiger partial charge is 0.162 e. The Kier molecular flexibility index (Phi) is 3.64. The maximum atomic E-state index is 6.38. The topological polar surface area (TPSA) is 30.5 Å². The van der Waals surface area contributed by atoms with Gasteiger partial charge in [-0.2, -0.15) is 11.3 Å². The molecule has 0 spiro atoms. The van der Waals surface area contributed by atoms with Crippen LogP contribution in [0.1, 0.15) is 17.2 Å². The minimum Gasteiger partial charge on any atom is -0.486 e. The van der Waals surface area contributed by atoms with E-state index in [0.717, 1.165) is 17.1 Å². The molecule has 1 unspecified atom stereocenters. The highest BCUT2D eigenvalue weighted by Gasteiger charge is 2.21. The molecular formula is C14H14ClNO2S. The van der Waals surface area contributed by atoms with Crippen molar-refractivity contribution in [1.29, 1.82) is 0 Å². The van der Waals surface area contributed by atoms with E-state index in [1.54, 1.807) is 11.3 Å². The van der Waals surface area contributed by atoms with Gasteiger partial charge in [0.1, 0.15) is 13.2 Å². The molecule has 5 heteroatoms. The number of thiophene rings is 1. The first kappa shape index (κ1) is 12.8. The van der Waals surface area contributed by atoms with Gasteiger partial charge in [0.2, 0.25) is 0 Å². The van der Waals surface area contributed by atoms with Crippen molar-refractivity contribution in [1.82, 2.24) is 5.32 Å². The van der Waals surface area contributed by atoms with Crippen LogP contribution in [0.15, 0.2) is 29.0 Å². The zero-order valence-electron chi connectivity index (χ0n) is 10.5. The zero-order chi connectivity index (χ0) is 13.2. The molecule has 0 radical (unpaired) electrons. The van der Waals surface area contributed by atoms with Gasteiger partial charge in [-0.15, -0.1) is 0 Å². The first-order valence-corrected chi connectivity index (χ1v) is 7.40. The third-order valence-electron chi connectivity index (χ3n) is 3.14. The molecule has 3 nitrogen and oxygen atoms in total. The molecule has 1 aliphatic heterocycles. The van der Waals surface area contributed by atoms with E-state index in [1.165, 1.54) is 5.56 Å². The molecule has 0 aliphatic carbocycles. The normalized spacial score (nSPS) is 15.3. The third kappa shape index (κ3) is 2.43. The molecule has 1 N–H and O–H groups in total. The number of fused-ring (bicyclic) bond motifs is 1. The van der Waals surface area contributed by atoms with Crippen molar-refractivity contribution >= 4 is 22.9 Å². The zero-order valence-corrected chi connectivity index (χ0v) is 12.1. The summed E-state index contributed by atoms with van der Waals surface area (Å²) < 4.78 is 11.2. The van der Waals surface area contributed by atoms with Crippen LogP contribution in [0.5, 0.6) is 11.5 Å². The standard InChI is InChI=1S/C14H14ClNO2S/c1-16-14(9-2-5-19-8-9)10-6-12-13(7-11(10)15)18-4-3-17-12/h2,5-8,14,16H,3-4H2,1H3. The van der Waals surface area contributed by atoms with E-state index in [1.807, 2.05) is 19.2 Å². The molecular weight excluding hydrogens is 282 g/mol. The fraction of sp³-hybridized carbons (Fsp3) is 0.286. The van der Waals surface area contributed by atoms with Crippen LogP contribution in [-0.2, 0) is 0 Å². The molecule has 1 aromatic carbocycles. The summed E-state index contributed by atoms with van der Waals surface area (Å²) in [6.45, 7) is 1.15. The van der Waals surface area contributed by atoms with Gasteiger partial charge in [0.05, 0.1) is 6.04 Å². The largest absolute Gasteiger partial charge is 0.486 e. The van der Waals surface area contributed by atoms with Crippen molar-refractivity contribution in [3.63, 3.8) is 0 Å². The molecule has 2 heterocycles. The van der Waals surface area contributed by atoms with E-state index < -0.39 is 0 Å². The van der Waals surface area contributed by atoms with E-state index in [4.69, 9.17) is 21.1 Å². The summed E-state index contributed by atoms with van der Waals surface area (Å²) in [6.07, 6.45) is 0. The van der Waals surface area contributed by atoms with Crippen molar-refractivity contribution in [2.75, 3.05) is 20.3 Å². The molecule has 2 aromatic rings. The SMILES string of the molecule is CNC(c1ccsc1)c1cc2c(cc1Cl)OCCO2. The van der Waals surface area contributed by atoms with Crippen LogP contribution in [0, 0.1) is 0 Å². The number of hydrogen-bond donors (Lipinski definition) is 1. The number of halogens is 1. The van der Waals surface area contributed by atoms with Gasteiger partial charge >= 0.3 is 0 Å². The number of ether oxygens (including phenoxy) is 2. The number of benzene rings is 1. The van der Waals surface area contributed by atoms with E-state index in [2.05, 4.69) is 22.1 Å². The van der Waals surface area contributed by atoms with Crippen LogP contribution in [-0.4, -0.2) is 20.3 Å². The summed E-state index contributed by atoms with van der Waals surface area (Å²) in [5.74, 6) is 1.49. The van der Waals surface area contributed by atoms with E-state index in [0.29, 0.717) is 18.2 Å². The van der Waals surface area contributed by atoms with Crippen molar-refractivity contribution in [2.24, 2.45) is 0 Å². The Labute approximate surface area is 121 Å². The molecule has 0 fully saturated rings. The quantitative estimate of drug-likeness (QED) is 0.940. The van der Waals surface area contributed by atoms with Crippen molar-refractivity contribution in [2.45, 2.75) is 6.04 Å². The highest BCUT2D eigenvalue weighted by atomic mass is 35.5. The summed E-state index contributed by atoms with van der Waals surface area (Å²) >= 11 is 8.05. The summed E-state index contributed by atoms with van der Waals surface area (Å²) in [5.41, 5.74) is 2.21. The fourth-order valence-electron chi connectivity index (χ4n) is 2.24. The van der Waals surface area contributed by atoms with Gasteiger partial charge in [0, 0.05) is 11.1 Å². The van der Waals surface area contributed by atoms with Crippen LogP contribution in [0.2, 0.25) is 5.02 Å². The number of rotatable bonds is 3. The Morgan fingerprint density at radius 2 is 2.00 bits per heavy atom. The maximum absolute atomic E-state index is 6.38. The van der Waals surface area contributed by atoms with Gasteiger partial charge in [0.25, 0.3) is 0 Å². The van der Waals surface area contributed by atoms with E-state index in [-0.39, 0.29) is 6.04 Å². The molecule has 100 valence electrons. The first-order valence-electron chi connectivity index (χ1n) is 6.08. The lowest BCUT2D eigenvalue weighted by atomic mass is 10.0. The van der Waals surface area contributed by atoms with Crippen LogP contribution < -0.4 is 14.8 Å². The summed E-state index contributed by atoms with van der Waals surface area (Å²) in [4.78, 5) is 0. The number of hydrogen-bond acceptors (Lipinski definition) is 4. The molecule has 19 heavy (non-hydrogen) atoms. The fourth-order valence-corrected chi connectivity index (χ4v) is 3.19. The number of nitrogens with one attached hydrogen (secondary N) is 1. The predicted octanol–water partition coefficient (Wildman–Crippen LogP) is 3.48.